The number of aromatic nitrogens is 5. The summed E-state index contributed by atoms with van der Waals surface area (Å²) in [5.41, 5.74) is 2.59. The van der Waals surface area contributed by atoms with E-state index in [4.69, 9.17) is 9.97 Å². The van der Waals surface area contributed by atoms with E-state index in [1.807, 2.05) is 56.4 Å². The van der Waals surface area contributed by atoms with Crippen molar-refractivity contribution in [3.05, 3.63) is 60.6 Å². The van der Waals surface area contributed by atoms with Gasteiger partial charge in [0.25, 0.3) is 5.91 Å². The first-order valence-corrected chi connectivity index (χ1v) is 9.86. The van der Waals surface area contributed by atoms with Gasteiger partial charge in [0.05, 0.1) is 11.2 Å². The topological polar surface area (TPSA) is 88.8 Å². The van der Waals surface area contributed by atoms with Crippen LogP contribution in [0.1, 0.15) is 12.1 Å². The number of carbonyl (C=O) groups is 1. The summed E-state index contributed by atoms with van der Waals surface area (Å²) in [5.74, 6) is 2.09. The average molecular weight is 399 g/mol. The molecule has 1 saturated heterocycles. The largest absolute Gasteiger partial charge is 0.358 e. The number of nitrogens with one attached hydrogen (secondary N) is 1. The molecule has 0 bridgehead atoms. The van der Waals surface area contributed by atoms with Crippen molar-refractivity contribution < 1.29 is 4.79 Å². The van der Waals surface area contributed by atoms with Crippen LogP contribution in [-0.4, -0.2) is 43.2 Å². The molecule has 1 unspecified atom stereocenters. The van der Waals surface area contributed by atoms with Gasteiger partial charge in [-0.25, -0.2) is 9.97 Å². The molecule has 150 valence electrons. The van der Waals surface area contributed by atoms with Gasteiger partial charge in [-0.3, -0.25) is 19.4 Å². The molecular formula is C22H21N7O. The van der Waals surface area contributed by atoms with E-state index in [2.05, 4.69) is 15.4 Å². The number of benzene rings is 1. The first-order chi connectivity index (χ1) is 14.6. The lowest BCUT2D eigenvalue weighted by atomic mass is 10.2. The Morgan fingerprint density at radius 3 is 2.67 bits per heavy atom. The molecule has 1 aliphatic rings. The second-order valence-electron chi connectivity index (χ2n) is 7.39. The van der Waals surface area contributed by atoms with E-state index >= 15 is 0 Å². The lowest BCUT2D eigenvalue weighted by molar-refractivity contribution is -0.117. The van der Waals surface area contributed by atoms with Crippen LogP contribution in [0.15, 0.2) is 54.9 Å². The number of para-hydroxylation sites is 1. The number of carbonyl (C=O) groups excluding carboxylic acids is 1. The highest BCUT2D eigenvalue weighted by atomic mass is 16.2. The minimum absolute atomic E-state index is 0.0196. The molecule has 30 heavy (non-hydrogen) atoms. The molecule has 4 aromatic rings. The van der Waals surface area contributed by atoms with Crippen LogP contribution < -0.4 is 10.2 Å². The summed E-state index contributed by atoms with van der Waals surface area (Å²) in [6, 6.07) is 13.1. The Labute approximate surface area is 173 Å². The molecule has 0 saturated carbocycles. The fourth-order valence-corrected chi connectivity index (χ4v) is 3.87. The quantitative estimate of drug-likeness (QED) is 0.568. The third kappa shape index (κ3) is 3.16. The van der Waals surface area contributed by atoms with E-state index in [0.29, 0.717) is 24.6 Å². The molecule has 1 N–H and O–H groups in total. The van der Waals surface area contributed by atoms with Crippen LogP contribution in [0.2, 0.25) is 0 Å². The summed E-state index contributed by atoms with van der Waals surface area (Å²) >= 11 is 0. The van der Waals surface area contributed by atoms with Crippen LogP contribution in [0.5, 0.6) is 0 Å². The maximum atomic E-state index is 13.1. The van der Waals surface area contributed by atoms with Crippen molar-refractivity contribution in [1.82, 2.24) is 24.7 Å². The zero-order valence-electron chi connectivity index (χ0n) is 16.8. The minimum atomic E-state index is -0.358. The fraction of sp³-hybridized carbons (Fsp3) is 0.227. The first-order valence-electron chi connectivity index (χ1n) is 9.86. The van der Waals surface area contributed by atoms with Crippen LogP contribution in [0.25, 0.3) is 22.3 Å². The van der Waals surface area contributed by atoms with Gasteiger partial charge in [-0.15, -0.1) is 0 Å². The van der Waals surface area contributed by atoms with Crippen molar-refractivity contribution in [2.24, 2.45) is 7.05 Å². The van der Waals surface area contributed by atoms with E-state index in [1.165, 1.54) is 0 Å². The van der Waals surface area contributed by atoms with E-state index in [1.54, 1.807) is 22.0 Å². The normalized spacial score (nSPS) is 16.4. The molecule has 1 aliphatic heterocycles. The lowest BCUT2D eigenvalue weighted by Gasteiger charge is -2.18. The standard InChI is InChI=1S/C22H21N7O/c1-14-13-19(28(2)27-14)29-12-9-18(22(29)30)25-21-16-5-3-4-6-17(16)24-20(26-21)15-7-10-23-11-8-15/h3-8,10-11,13,18H,9,12H2,1-2H3,(H,24,25,26). The van der Waals surface area contributed by atoms with Crippen LogP contribution >= 0.6 is 0 Å². The Morgan fingerprint density at radius 1 is 1.10 bits per heavy atom. The van der Waals surface area contributed by atoms with Crippen molar-refractivity contribution in [3.63, 3.8) is 0 Å². The third-order valence-corrected chi connectivity index (χ3v) is 5.31. The van der Waals surface area contributed by atoms with E-state index in [-0.39, 0.29) is 11.9 Å². The van der Waals surface area contributed by atoms with Crippen LogP contribution in [0, 0.1) is 6.92 Å². The van der Waals surface area contributed by atoms with Gasteiger partial charge in [0.1, 0.15) is 17.7 Å². The van der Waals surface area contributed by atoms with Crippen molar-refractivity contribution in [2.75, 3.05) is 16.8 Å². The summed E-state index contributed by atoms with van der Waals surface area (Å²) in [6.45, 7) is 2.56. The number of nitrogens with zero attached hydrogens (tertiary/aromatic N) is 6. The Hall–Kier alpha value is -3.81. The maximum Gasteiger partial charge on any atom is 0.250 e. The predicted molar refractivity (Wildman–Crippen MR) is 115 cm³/mol. The number of amides is 1. The second-order valence-corrected chi connectivity index (χ2v) is 7.39. The van der Waals surface area contributed by atoms with Crippen LogP contribution in [-0.2, 0) is 11.8 Å². The molecule has 0 radical (unpaired) electrons. The summed E-state index contributed by atoms with van der Waals surface area (Å²) in [7, 11) is 1.86. The van der Waals surface area contributed by atoms with E-state index in [0.717, 1.165) is 28.0 Å². The van der Waals surface area contributed by atoms with Crippen molar-refractivity contribution in [1.29, 1.82) is 0 Å². The van der Waals surface area contributed by atoms with Crippen LogP contribution in [0.4, 0.5) is 11.6 Å². The molecule has 0 aliphatic carbocycles. The third-order valence-electron chi connectivity index (χ3n) is 5.31. The van der Waals surface area contributed by atoms with Crippen LogP contribution in [0.3, 0.4) is 0 Å². The first kappa shape index (κ1) is 18.2. The Balaban J connectivity index is 1.49. The van der Waals surface area contributed by atoms with Gasteiger partial charge in [-0.1, -0.05) is 12.1 Å². The molecular weight excluding hydrogens is 378 g/mol. The molecule has 5 rings (SSSR count). The zero-order valence-corrected chi connectivity index (χ0v) is 16.8. The van der Waals surface area contributed by atoms with Crippen molar-refractivity contribution in [2.45, 2.75) is 19.4 Å². The van der Waals surface area contributed by atoms with Gasteiger partial charge in [0.15, 0.2) is 5.82 Å². The summed E-state index contributed by atoms with van der Waals surface area (Å²) in [5, 5.41) is 8.63. The monoisotopic (exact) mass is 399 g/mol. The average Bonchev–Trinajstić information content (AvgIpc) is 3.29. The SMILES string of the molecule is Cc1cc(N2CCC(Nc3nc(-c4ccncc4)nc4ccccc34)C2=O)n(C)n1. The van der Waals surface area contributed by atoms with Gasteiger partial charge in [-0.2, -0.15) is 5.10 Å². The number of fused-ring (bicyclic) bond motifs is 1. The Morgan fingerprint density at radius 2 is 1.90 bits per heavy atom. The molecule has 1 amide bonds. The number of pyridine rings is 1. The summed E-state index contributed by atoms with van der Waals surface area (Å²) in [6.07, 6.45) is 4.12. The minimum Gasteiger partial charge on any atom is -0.358 e. The van der Waals surface area contributed by atoms with E-state index in [9.17, 15) is 4.79 Å². The number of anilines is 2. The lowest BCUT2D eigenvalue weighted by Crippen LogP contribution is -2.34. The van der Waals surface area contributed by atoms with Gasteiger partial charge >= 0.3 is 0 Å². The molecule has 1 fully saturated rings. The predicted octanol–water partition coefficient (Wildman–Crippen LogP) is 2.95. The number of hydrogen-bond acceptors (Lipinski definition) is 6. The highest BCUT2D eigenvalue weighted by Crippen LogP contribution is 2.28. The van der Waals surface area contributed by atoms with Gasteiger partial charge < -0.3 is 5.32 Å². The molecule has 8 heteroatoms. The smallest absolute Gasteiger partial charge is 0.250 e. The van der Waals surface area contributed by atoms with Crippen molar-refractivity contribution in [3.8, 4) is 11.4 Å². The van der Waals surface area contributed by atoms with Gasteiger partial charge in [0, 0.05) is 43.0 Å². The van der Waals surface area contributed by atoms with Gasteiger partial charge in [-0.05, 0) is 37.6 Å². The molecule has 4 heterocycles. The Bertz CT molecular complexity index is 1230. The fourth-order valence-electron chi connectivity index (χ4n) is 3.87. The number of rotatable bonds is 4. The zero-order chi connectivity index (χ0) is 20.7. The Kier molecular flexibility index (Phi) is 4.39. The highest BCUT2D eigenvalue weighted by molar-refractivity contribution is 6.01. The molecule has 1 atom stereocenters. The summed E-state index contributed by atoms with van der Waals surface area (Å²) in [4.78, 5) is 28.4. The summed E-state index contributed by atoms with van der Waals surface area (Å²) < 4.78 is 1.75. The maximum absolute atomic E-state index is 13.1. The molecule has 1 aromatic carbocycles. The van der Waals surface area contributed by atoms with Gasteiger partial charge in [0.2, 0.25) is 0 Å². The van der Waals surface area contributed by atoms with Crippen molar-refractivity contribution >= 4 is 28.4 Å². The molecule has 0 spiro atoms. The van der Waals surface area contributed by atoms with E-state index < -0.39 is 0 Å². The molecule has 8 nitrogen and oxygen atoms in total. The molecule has 3 aromatic heterocycles. The highest BCUT2D eigenvalue weighted by Gasteiger charge is 2.34. The number of aryl methyl sites for hydroxylation is 2. The second kappa shape index (κ2) is 7.22. The number of hydrogen-bond donors (Lipinski definition) is 1.